The first-order chi connectivity index (χ1) is 5.90. The van der Waals surface area contributed by atoms with Crippen LogP contribution < -0.4 is 0 Å². The molecule has 0 aromatic carbocycles. The SMILES string of the molecule is BrCc1cc(-c2cscn2)on1. The van der Waals surface area contributed by atoms with E-state index in [-0.39, 0.29) is 0 Å². The molecule has 0 N–H and O–H groups in total. The van der Waals surface area contributed by atoms with E-state index in [0.717, 1.165) is 17.1 Å². The van der Waals surface area contributed by atoms with Crippen LogP contribution in [0.3, 0.4) is 0 Å². The van der Waals surface area contributed by atoms with Gasteiger partial charge in [0.25, 0.3) is 0 Å². The molecule has 2 aromatic rings. The van der Waals surface area contributed by atoms with E-state index in [1.807, 2.05) is 11.4 Å². The highest BCUT2D eigenvalue weighted by Gasteiger charge is 2.06. The summed E-state index contributed by atoms with van der Waals surface area (Å²) in [5.74, 6) is 0.728. The normalized spacial score (nSPS) is 10.4. The Kier molecular flexibility index (Phi) is 2.23. The zero-order chi connectivity index (χ0) is 8.39. The second kappa shape index (κ2) is 3.37. The lowest BCUT2D eigenvalue weighted by molar-refractivity contribution is 0.425. The van der Waals surface area contributed by atoms with Gasteiger partial charge in [-0.3, -0.25) is 0 Å². The third-order valence-electron chi connectivity index (χ3n) is 1.38. The summed E-state index contributed by atoms with van der Waals surface area (Å²) in [6.07, 6.45) is 0. The molecule has 2 rings (SSSR count). The molecule has 12 heavy (non-hydrogen) atoms. The molecule has 0 aliphatic rings. The fraction of sp³-hybridized carbons (Fsp3) is 0.143. The molecule has 0 saturated carbocycles. The number of rotatable bonds is 2. The summed E-state index contributed by atoms with van der Waals surface area (Å²) < 4.78 is 5.06. The third kappa shape index (κ3) is 1.42. The van der Waals surface area contributed by atoms with Gasteiger partial charge in [0.15, 0.2) is 5.76 Å². The maximum atomic E-state index is 5.06. The van der Waals surface area contributed by atoms with Crippen molar-refractivity contribution in [3.8, 4) is 11.5 Å². The monoisotopic (exact) mass is 244 g/mol. The van der Waals surface area contributed by atoms with Crippen LogP contribution in [-0.4, -0.2) is 10.1 Å². The van der Waals surface area contributed by atoms with Crippen molar-refractivity contribution in [3.05, 3.63) is 22.7 Å². The predicted molar refractivity (Wildman–Crippen MR) is 50.2 cm³/mol. The molecule has 0 aliphatic heterocycles. The van der Waals surface area contributed by atoms with Crippen LogP contribution in [-0.2, 0) is 5.33 Å². The molecule has 0 saturated heterocycles. The molecule has 0 fully saturated rings. The van der Waals surface area contributed by atoms with Gasteiger partial charge in [0.2, 0.25) is 0 Å². The first-order valence-corrected chi connectivity index (χ1v) is 5.36. The average Bonchev–Trinajstić information content (AvgIpc) is 2.75. The van der Waals surface area contributed by atoms with Crippen molar-refractivity contribution >= 4 is 27.3 Å². The summed E-state index contributed by atoms with van der Waals surface area (Å²) in [6, 6.07) is 1.88. The molecule has 0 radical (unpaired) electrons. The second-order valence-electron chi connectivity index (χ2n) is 2.19. The largest absolute Gasteiger partial charge is 0.354 e. The van der Waals surface area contributed by atoms with E-state index in [4.69, 9.17) is 4.52 Å². The Balaban J connectivity index is 2.35. The van der Waals surface area contributed by atoms with Crippen LogP contribution in [0.4, 0.5) is 0 Å². The summed E-state index contributed by atoms with van der Waals surface area (Å²) in [5.41, 5.74) is 3.50. The predicted octanol–water partition coefficient (Wildman–Crippen LogP) is 2.69. The van der Waals surface area contributed by atoms with Gasteiger partial charge >= 0.3 is 0 Å². The van der Waals surface area contributed by atoms with E-state index in [1.165, 1.54) is 0 Å². The molecule has 3 nitrogen and oxygen atoms in total. The summed E-state index contributed by atoms with van der Waals surface area (Å²) in [5, 5.41) is 6.47. The summed E-state index contributed by atoms with van der Waals surface area (Å²) in [4.78, 5) is 4.10. The van der Waals surface area contributed by atoms with Crippen LogP contribution in [0.15, 0.2) is 21.5 Å². The Morgan fingerprint density at radius 3 is 3.08 bits per heavy atom. The van der Waals surface area contributed by atoms with E-state index >= 15 is 0 Å². The maximum Gasteiger partial charge on any atom is 0.186 e. The van der Waals surface area contributed by atoms with Crippen molar-refractivity contribution in [1.29, 1.82) is 0 Å². The maximum absolute atomic E-state index is 5.06. The highest BCUT2D eigenvalue weighted by atomic mass is 79.9. The highest BCUT2D eigenvalue weighted by Crippen LogP contribution is 2.20. The Labute approximate surface area is 81.5 Å². The Morgan fingerprint density at radius 2 is 2.50 bits per heavy atom. The van der Waals surface area contributed by atoms with Crippen molar-refractivity contribution in [2.75, 3.05) is 0 Å². The van der Waals surface area contributed by atoms with Crippen LogP contribution in [0, 0.1) is 0 Å². The standard InChI is InChI=1S/C7H5BrN2OS/c8-2-5-1-7(11-10-5)6-3-12-4-9-6/h1,3-4H,2H2. The second-order valence-corrected chi connectivity index (χ2v) is 3.47. The van der Waals surface area contributed by atoms with Gasteiger partial charge in [-0.2, -0.15) is 0 Å². The van der Waals surface area contributed by atoms with Crippen LogP contribution in [0.2, 0.25) is 0 Å². The van der Waals surface area contributed by atoms with Gasteiger partial charge in [0, 0.05) is 16.8 Å². The lowest BCUT2D eigenvalue weighted by Gasteiger charge is -1.81. The molecule has 0 amide bonds. The summed E-state index contributed by atoms with van der Waals surface area (Å²) in [7, 11) is 0. The van der Waals surface area contributed by atoms with Crippen LogP contribution >= 0.6 is 27.3 Å². The third-order valence-corrected chi connectivity index (χ3v) is 2.54. The Hall–Kier alpha value is -0.680. The summed E-state index contributed by atoms with van der Waals surface area (Å²) >= 11 is 4.83. The number of thiazole rings is 1. The summed E-state index contributed by atoms with van der Waals surface area (Å²) in [6.45, 7) is 0. The van der Waals surface area contributed by atoms with E-state index < -0.39 is 0 Å². The van der Waals surface area contributed by atoms with Gasteiger partial charge in [-0.25, -0.2) is 4.98 Å². The molecule has 5 heteroatoms. The number of aromatic nitrogens is 2. The average molecular weight is 245 g/mol. The minimum absolute atomic E-state index is 0.709. The molecule has 2 heterocycles. The lowest BCUT2D eigenvalue weighted by atomic mass is 10.3. The van der Waals surface area contributed by atoms with Gasteiger partial charge in [-0.1, -0.05) is 21.1 Å². The molecule has 0 spiro atoms. The first-order valence-electron chi connectivity index (χ1n) is 3.30. The minimum atomic E-state index is 0.709. The number of hydrogen-bond acceptors (Lipinski definition) is 4. The Morgan fingerprint density at radius 1 is 1.58 bits per heavy atom. The highest BCUT2D eigenvalue weighted by molar-refractivity contribution is 9.08. The van der Waals surface area contributed by atoms with E-state index in [2.05, 4.69) is 26.1 Å². The van der Waals surface area contributed by atoms with Crippen molar-refractivity contribution in [3.63, 3.8) is 0 Å². The van der Waals surface area contributed by atoms with Crippen molar-refractivity contribution in [2.24, 2.45) is 0 Å². The van der Waals surface area contributed by atoms with Crippen molar-refractivity contribution in [2.45, 2.75) is 5.33 Å². The molecule has 0 bridgehead atoms. The minimum Gasteiger partial charge on any atom is -0.354 e. The molecule has 2 aromatic heterocycles. The molecule has 0 aliphatic carbocycles. The lowest BCUT2D eigenvalue weighted by Crippen LogP contribution is -1.71. The van der Waals surface area contributed by atoms with Crippen LogP contribution in [0.5, 0.6) is 0 Å². The van der Waals surface area contributed by atoms with Gasteiger partial charge in [0.1, 0.15) is 5.69 Å². The van der Waals surface area contributed by atoms with Crippen molar-refractivity contribution in [1.82, 2.24) is 10.1 Å². The first kappa shape index (κ1) is 7.94. The number of nitrogens with zero attached hydrogens (tertiary/aromatic N) is 2. The smallest absolute Gasteiger partial charge is 0.186 e. The van der Waals surface area contributed by atoms with E-state index in [9.17, 15) is 0 Å². The fourth-order valence-electron chi connectivity index (χ4n) is 0.830. The molecule has 0 unspecified atom stereocenters. The van der Waals surface area contributed by atoms with Gasteiger partial charge in [0.05, 0.1) is 11.2 Å². The number of alkyl halides is 1. The van der Waals surface area contributed by atoms with Crippen LogP contribution in [0.25, 0.3) is 11.5 Å². The Bertz CT molecular complexity index is 357. The van der Waals surface area contributed by atoms with Crippen molar-refractivity contribution < 1.29 is 4.52 Å². The number of halogens is 1. The molecule has 0 atom stereocenters. The van der Waals surface area contributed by atoms with E-state index in [1.54, 1.807) is 16.8 Å². The van der Waals surface area contributed by atoms with Gasteiger partial charge in [-0.05, 0) is 0 Å². The molecular weight excluding hydrogens is 240 g/mol. The van der Waals surface area contributed by atoms with Gasteiger partial charge < -0.3 is 4.52 Å². The molecule has 62 valence electrons. The van der Waals surface area contributed by atoms with Gasteiger partial charge in [-0.15, -0.1) is 11.3 Å². The number of hydrogen-bond donors (Lipinski definition) is 0. The fourth-order valence-corrected chi connectivity index (χ4v) is 1.64. The van der Waals surface area contributed by atoms with Crippen LogP contribution in [0.1, 0.15) is 5.69 Å². The molecular formula is C7H5BrN2OS. The quantitative estimate of drug-likeness (QED) is 0.763. The zero-order valence-corrected chi connectivity index (χ0v) is 8.43. The zero-order valence-electron chi connectivity index (χ0n) is 6.03. The topological polar surface area (TPSA) is 38.9 Å². The van der Waals surface area contributed by atoms with E-state index in [0.29, 0.717) is 5.33 Å².